The molecule has 1 aromatic rings. The lowest BCUT2D eigenvalue weighted by Crippen LogP contribution is -2.26. The molecular formula is C11H16ClN3O. The zero-order valence-corrected chi connectivity index (χ0v) is 10.4. The van der Waals surface area contributed by atoms with Crippen molar-refractivity contribution in [1.82, 2.24) is 9.78 Å². The molecule has 0 spiro atoms. The van der Waals surface area contributed by atoms with Gasteiger partial charge >= 0.3 is 0 Å². The van der Waals surface area contributed by atoms with Crippen LogP contribution in [-0.4, -0.2) is 23.4 Å². The summed E-state index contributed by atoms with van der Waals surface area (Å²) < 4.78 is 1.25. The van der Waals surface area contributed by atoms with Gasteiger partial charge in [-0.2, -0.15) is 5.10 Å². The van der Waals surface area contributed by atoms with Gasteiger partial charge in [0.2, 0.25) is 0 Å². The van der Waals surface area contributed by atoms with Crippen LogP contribution in [0.25, 0.3) is 0 Å². The maximum Gasteiger partial charge on any atom is 0.287 e. The average molecular weight is 242 g/mol. The molecule has 0 aliphatic heterocycles. The largest absolute Gasteiger partial charge is 0.372 e. The number of nitrogens with zero attached hydrogens (tertiary/aromatic N) is 3. The molecule has 2 rings (SSSR count). The molecule has 0 aromatic carbocycles. The molecule has 0 amide bonds. The molecule has 1 saturated carbocycles. The van der Waals surface area contributed by atoms with Crippen molar-refractivity contribution in [3.05, 3.63) is 21.6 Å². The highest BCUT2D eigenvalue weighted by Gasteiger charge is 2.22. The Balaban J connectivity index is 2.12. The first-order chi connectivity index (χ1) is 7.59. The predicted molar refractivity (Wildman–Crippen MR) is 65.1 cm³/mol. The van der Waals surface area contributed by atoms with Crippen molar-refractivity contribution in [2.45, 2.75) is 19.3 Å². The Bertz CT molecular complexity index is 439. The summed E-state index contributed by atoms with van der Waals surface area (Å²) in [5, 5.41) is 4.24. The Labute approximate surface area is 99.8 Å². The number of hydrogen-bond acceptors (Lipinski definition) is 3. The lowest BCUT2D eigenvalue weighted by Gasteiger charge is -2.19. The van der Waals surface area contributed by atoms with E-state index in [9.17, 15) is 4.79 Å². The van der Waals surface area contributed by atoms with Crippen LogP contribution < -0.4 is 10.5 Å². The van der Waals surface area contributed by atoms with Crippen molar-refractivity contribution in [2.24, 2.45) is 13.0 Å². The van der Waals surface area contributed by atoms with E-state index in [4.69, 9.17) is 11.6 Å². The summed E-state index contributed by atoms with van der Waals surface area (Å²) in [5.74, 6) is 0.876. The summed E-state index contributed by atoms with van der Waals surface area (Å²) in [6.07, 6.45) is 5.51. The van der Waals surface area contributed by atoms with E-state index in [0.717, 1.165) is 18.2 Å². The van der Waals surface area contributed by atoms with Crippen LogP contribution in [0.4, 0.5) is 5.69 Å². The first-order valence-corrected chi connectivity index (χ1v) is 5.90. The number of aryl methyl sites for hydroxylation is 1. The molecule has 4 nitrogen and oxygen atoms in total. The number of aromatic nitrogens is 2. The van der Waals surface area contributed by atoms with E-state index in [1.54, 1.807) is 13.2 Å². The highest BCUT2D eigenvalue weighted by atomic mass is 35.5. The summed E-state index contributed by atoms with van der Waals surface area (Å²) in [4.78, 5) is 13.6. The van der Waals surface area contributed by atoms with Crippen molar-refractivity contribution >= 4 is 17.3 Å². The molecule has 0 atom stereocenters. The van der Waals surface area contributed by atoms with E-state index in [2.05, 4.69) is 5.10 Å². The lowest BCUT2D eigenvalue weighted by molar-refractivity contribution is 0.687. The fraction of sp³-hybridized carbons (Fsp3) is 0.636. The predicted octanol–water partition coefficient (Wildman–Crippen LogP) is 1.67. The number of anilines is 1. The number of hydrogen-bond donors (Lipinski definition) is 0. The summed E-state index contributed by atoms with van der Waals surface area (Å²) >= 11 is 6.01. The fourth-order valence-corrected chi connectivity index (χ4v) is 1.99. The molecule has 0 radical (unpaired) electrons. The van der Waals surface area contributed by atoms with Gasteiger partial charge in [0.25, 0.3) is 5.56 Å². The molecular weight excluding hydrogens is 226 g/mol. The topological polar surface area (TPSA) is 38.1 Å². The van der Waals surface area contributed by atoms with Gasteiger partial charge in [-0.3, -0.25) is 4.79 Å². The number of halogens is 1. The van der Waals surface area contributed by atoms with Crippen LogP contribution in [0.2, 0.25) is 5.02 Å². The summed E-state index contributed by atoms with van der Waals surface area (Å²) in [5.41, 5.74) is 0.489. The van der Waals surface area contributed by atoms with Crippen molar-refractivity contribution in [1.29, 1.82) is 0 Å². The molecule has 0 bridgehead atoms. The van der Waals surface area contributed by atoms with Gasteiger partial charge in [0.15, 0.2) is 0 Å². The van der Waals surface area contributed by atoms with E-state index in [0.29, 0.717) is 0 Å². The van der Waals surface area contributed by atoms with Gasteiger partial charge in [-0.15, -0.1) is 0 Å². The zero-order chi connectivity index (χ0) is 11.7. The summed E-state index contributed by atoms with van der Waals surface area (Å²) in [7, 11) is 3.55. The van der Waals surface area contributed by atoms with Gasteiger partial charge in [-0.05, 0) is 12.3 Å². The maximum absolute atomic E-state index is 11.6. The van der Waals surface area contributed by atoms with Gasteiger partial charge in [0.1, 0.15) is 5.02 Å². The van der Waals surface area contributed by atoms with E-state index in [-0.39, 0.29) is 10.6 Å². The molecule has 5 heteroatoms. The molecule has 1 fully saturated rings. The van der Waals surface area contributed by atoms with Crippen LogP contribution in [-0.2, 0) is 7.05 Å². The maximum atomic E-state index is 11.6. The Kier molecular flexibility index (Phi) is 3.19. The van der Waals surface area contributed by atoms with Crippen LogP contribution in [0, 0.1) is 5.92 Å². The number of rotatable bonds is 4. The highest BCUT2D eigenvalue weighted by Crippen LogP contribution is 2.33. The highest BCUT2D eigenvalue weighted by molar-refractivity contribution is 6.32. The van der Waals surface area contributed by atoms with Crippen molar-refractivity contribution in [2.75, 3.05) is 18.5 Å². The van der Waals surface area contributed by atoms with Crippen LogP contribution in [0.15, 0.2) is 11.0 Å². The monoisotopic (exact) mass is 241 g/mol. The molecule has 0 N–H and O–H groups in total. The van der Waals surface area contributed by atoms with Crippen LogP contribution in [0.3, 0.4) is 0 Å². The minimum atomic E-state index is -0.238. The third-order valence-corrected chi connectivity index (χ3v) is 3.40. The van der Waals surface area contributed by atoms with Gasteiger partial charge < -0.3 is 4.90 Å². The van der Waals surface area contributed by atoms with Crippen molar-refractivity contribution in [3.63, 3.8) is 0 Å². The zero-order valence-electron chi connectivity index (χ0n) is 9.61. The Morgan fingerprint density at radius 1 is 1.62 bits per heavy atom. The fourth-order valence-electron chi connectivity index (χ4n) is 1.67. The van der Waals surface area contributed by atoms with Crippen molar-refractivity contribution < 1.29 is 0 Å². The molecule has 16 heavy (non-hydrogen) atoms. The molecule has 1 aliphatic carbocycles. The molecule has 1 aliphatic rings. The standard InChI is InChI=1S/C11H16ClN3O/c1-14(6-5-8-3-4-8)9-7-13-15(2)11(16)10(9)12/h7-8H,3-6H2,1-2H3. The minimum absolute atomic E-state index is 0.238. The Morgan fingerprint density at radius 2 is 2.31 bits per heavy atom. The molecule has 0 saturated heterocycles. The quantitative estimate of drug-likeness (QED) is 0.805. The second-order valence-corrected chi connectivity index (χ2v) is 4.80. The van der Waals surface area contributed by atoms with E-state index < -0.39 is 0 Å². The van der Waals surface area contributed by atoms with E-state index >= 15 is 0 Å². The Morgan fingerprint density at radius 3 is 2.94 bits per heavy atom. The van der Waals surface area contributed by atoms with E-state index in [1.807, 2.05) is 11.9 Å². The van der Waals surface area contributed by atoms with Gasteiger partial charge in [-0.1, -0.05) is 24.4 Å². The third kappa shape index (κ3) is 2.38. The van der Waals surface area contributed by atoms with Crippen LogP contribution in [0.5, 0.6) is 0 Å². The molecule has 1 heterocycles. The van der Waals surface area contributed by atoms with Gasteiger partial charge in [0.05, 0.1) is 11.9 Å². The lowest BCUT2D eigenvalue weighted by atomic mass is 10.2. The molecule has 1 aromatic heterocycles. The minimum Gasteiger partial charge on any atom is -0.372 e. The van der Waals surface area contributed by atoms with Gasteiger partial charge in [-0.25, -0.2) is 4.68 Å². The average Bonchev–Trinajstić information content (AvgIpc) is 3.07. The second-order valence-electron chi connectivity index (χ2n) is 4.43. The first-order valence-electron chi connectivity index (χ1n) is 5.52. The van der Waals surface area contributed by atoms with Crippen LogP contribution in [0.1, 0.15) is 19.3 Å². The smallest absolute Gasteiger partial charge is 0.287 e. The van der Waals surface area contributed by atoms with E-state index in [1.165, 1.54) is 23.9 Å². The SMILES string of the molecule is CN(CCC1CC1)c1cnn(C)c(=O)c1Cl. The molecule has 88 valence electrons. The summed E-state index contributed by atoms with van der Waals surface area (Å²) in [6, 6.07) is 0. The Hall–Kier alpha value is -1.03. The first kappa shape index (κ1) is 11.5. The second kappa shape index (κ2) is 4.45. The third-order valence-electron chi connectivity index (χ3n) is 3.04. The van der Waals surface area contributed by atoms with Crippen LogP contribution >= 0.6 is 11.6 Å². The van der Waals surface area contributed by atoms with Gasteiger partial charge in [0, 0.05) is 20.6 Å². The summed E-state index contributed by atoms with van der Waals surface area (Å²) in [6.45, 7) is 0.930. The van der Waals surface area contributed by atoms with Crippen molar-refractivity contribution in [3.8, 4) is 0 Å². The normalized spacial score (nSPS) is 15.2. The molecule has 0 unspecified atom stereocenters.